The summed E-state index contributed by atoms with van der Waals surface area (Å²) >= 11 is 0. The summed E-state index contributed by atoms with van der Waals surface area (Å²) in [5.74, 6) is 0.370. The quantitative estimate of drug-likeness (QED) is 0.829. The topological polar surface area (TPSA) is 59.3 Å². The number of hydrogen-bond acceptors (Lipinski definition) is 3. The zero-order chi connectivity index (χ0) is 10.8. The highest BCUT2D eigenvalue weighted by atomic mass is 32.2. The minimum atomic E-state index is -3.26. The Bertz CT molecular complexity index is 392. The molecule has 1 rings (SSSR count). The normalized spacial score (nSPS) is 12.3. The summed E-state index contributed by atoms with van der Waals surface area (Å²) in [5.41, 5.74) is 0.930. The van der Waals surface area contributed by atoms with Crippen molar-refractivity contribution >= 4 is 10.0 Å². The summed E-state index contributed by atoms with van der Waals surface area (Å²) in [6.07, 6.45) is 1.54. The van der Waals surface area contributed by atoms with Crippen LogP contribution in [0.1, 0.15) is 25.2 Å². The molecule has 0 unspecified atom stereocenters. The van der Waals surface area contributed by atoms with Crippen LogP contribution in [0.5, 0.6) is 0 Å². The van der Waals surface area contributed by atoms with Crippen molar-refractivity contribution in [3.63, 3.8) is 0 Å². The van der Waals surface area contributed by atoms with Gasteiger partial charge >= 0.3 is 0 Å². The van der Waals surface area contributed by atoms with Crippen LogP contribution in [0.3, 0.4) is 0 Å². The number of aryl methyl sites for hydroxylation is 1. The van der Waals surface area contributed by atoms with Gasteiger partial charge in [0.1, 0.15) is 11.5 Å². The van der Waals surface area contributed by atoms with Crippen molar-refractivity contribution in [1.82, 2.24) is 4.72 Å². The Hall–Kier alpha value is -0.810. The molecule has 14 heavy (non-hydrogen) atoms. The maximum absolute atomic E-state index is 11.4. The lowest BCUT2D eigenvalue weighted by molar-refractivity contribution is 0.514. The van der Waals surface area contributed by atoms with Gasteiger partial charge in [0, 0.05) is 6.04 Å². The molecule has 0 aliphatic carbocycles. The van der Waals surface area contributed by atoms with Gasteiger partial charge < -0.3 is 4.42 Å². The van der Waals surface area contributed by atoms with Crippen molar-refractivity contribution < 1.29 is 12.8 Å². The van der Waals surface area contributed by atoms with Gasteiger partial charge in [-0.05, 0) is 32.4 Å². The fraction of sp³-hybridized carbons (Fsp3) is 0.556. The molecule has 0 bridgehead atoms. The third kappa shape index (κ3) is 3.51. The van der Waals surface area contributed by atoms with Gasteiger partial charge in [0.05, 0.1) is 6.26 Å². The van der Waals surface area contributed by atoms with E-state index in [2.05, 4.69) is 4.72 Å². The van der Waals surface area contributed by atoms with E-state index in [1.807, 2.05) is 6.92 Å². The Kier molecular flexibility index (Phi) is 3.34. The Morgan fingerprint density at radius 2 is 2.14 bits per heavy atom. The Balaban J connectivity index is 2.69. The van der Waals surface area contributed by atoms with Gasteiger partial charge in [0.25, 0.3) is 0 Å². The second kappa shape index (κ2) is 4.14. The first-order chi connectivity index (χ1) is 6.39. The number of nitrogens with one attached hydrogen (secondary N) is 1. The number of rotatable bonds is 4. The summed E-state index contributed by atoms with van der Waals surface area (Å²) in [4.78, 5) is 0. The molecule has 1 aromatic rings. The molecule has 1 N–H and O–H groups in total. The molecule has 0 radical (unpaired) electrons. The minimum Gasteiger partial charge on any atom is -0.468 e. The van der Waals surface area contributed by atoms with Crippen molar-refractivity contribution in [2.45, 2.75) is 32.6 Å². The molecule has 0 spiro atoms. The van der Waals surface area contributed by atoms with Gasteiger partial charge in [-0.1, -0.05) is 0 Å². The Labute approximate surface area is 84.4 Å². The van der Waals surface area contributed by atoms with E-state index in [0.717, 1.165) is 5.56 Å². The van der Waals surface area contributed by atoms with Crippen LogP contribution in [0.2, 0.25) is 0 Å². The van der Waals surface area contributed by atoms with Gasteiger partial charge in [0.15, 0.2) is 0 Å². The summed E-state index contributed by atoms with van der Waals surface area (Å²) in [6, 6.07) is 1.63. The lowest BCUT2D eigenvalue weighted by atomic mass is 10.4. The third-order valence-corrected chi connectivity index (χ3v) is 3.03. The van der Waals surface area contributed by atoms with Crippen molar-refractivity contribution in [1.29, 1.82) is 0 Å². The van der Waals surface area contributed by atoms with E-state index in [1.165, 1.54) is 0 Å². The van der Waals surface area contributed by atoms with E-state index >= 15 is 0 Å². The standard InChI is InChI=1S/C9H15NO3S/c1-7(2)10-14(11,12)6-9-4-8(3)5-13-9/h4-5,7,10H,6H2,1-3H3. The molecule has 0 amide bonds. The lowest BCUT2D eigenvalue weighted by Gasteiger charge is -2.07. The predicted octanol–water partition coefficient (Wildman–Crippen LogP) is 1.42. The highest BCUT2D eigenvalue weighted by Gasteiger charge is 2.14. The first-order valence-electron chi connectivity index (χ1n) is 4.43. The monoisotopic (exact) mass is 217 g/mol. The third-order valence-electron chi connectivity index (χ3n) is 1.53. The summed E-state index contributed by atoms with van der Waals surface area (Å²) in [6.45, 7) is 5.42. The van der Waals surface area contributed by atoms with Crippen LogP contribution >= 0.6 is 0 Å². The van der Waals surface area contributed by atoms with Crippen LogP contribution in [0, 0.1) is 6.92 Å². The van der Waals surface area contributed by atoms with E-state index in [-0.39, 0.29) is 11.8 Å². The van der Waals surface area contributed by atoms with Crippen LogP contribution < -0.4 is 4.72 Å². The molecular weight excluding hydrogens is 202 g/mol. The van der Waals surface area contributed by atoms with Gasteiger partial charge in [-0.15, -0.1) is 0 Å². The van der Waals surface area contributed by atoms with Gasteiger partial charge in [-0.25, -0.2) is 13.1 Å². The average Bonchev–Trinajstić information content (AvgIpc) is 2.30. The summed E-state index contributed by atoms with van der Waals surface area (Å²) in [7, 11) is -3.26. The van der Waals surface area contributed by atoms with Gasteiger partial charge in [0.2, 0.25) is 10.0 Å². The molecule has 0 atom stereocenters. The van der Waals surface area contributed by atoms with E-state index in [9.17, 15) is 8.42 Å². The molecule has 0 aromatic carbocycles. The van der Waals surface area contributed by atoms with Crippen LogP contribution in [0.15, 0.2) is 16.7 Å². The zero-order valence-electron chi connectivity index (χ0n) is 8.57. The van der Waals surface area contributed by atoms with Crippen LogP contribution in [-0.2, 0) is 15.8 Å². The molecule has 0 fully saturated rings. The highest BCUT2D eigenvalue weighted by molar-refractivity contribution is 7.88. The van der Waals surface area contributed by atoms with Crippen molar-refractivity contribution in [2.24, 2.45) is 0 Å². The molecule has 5 heteroatoms. The highest BCUT2D eigenvalue weighted by Crippen LogP contribution is 2.09. The van der Waals surface area contributed by atoms with Gasteiger partial charge in [-0.3, -0.25) is 0 Å². The fourth-order valence-corrected chi connectivity index (χ4v) is 2.48. The second-order valence-corrected chi connectivity index (χ2v) is 5.38. The van der Waals surface area contributed by atoms with E-state index < -0.39 is 10.0 Å². The molecule has 0 saturated carbocycles. The summed E-state index contributed by atoms with van der Waals surface area (Å²) in [5, 5.41) is 0. The average molecular weight is 217 g/mol. The van der Waals surface area contributed by atoms with Crippen molar-refractivity contribution in [2.75, 3.05) is 0 Å². The van der Waals surface area contributed by atoms with Crippen LogP contribution in [0.4, 0.5) is 0 Å². The predicted molar refractivity (Wildman–Crippen MR) is 54.3 cm³/mol. The van der Waals surface area contributed by atoms with E-state index in [1.54, 1.807) is 26.2 Å². The number of hydrogen-bond donors (Lipinski definition) is 1. The van der Waals surface area contributed by atoms with Gasteiger partial charge in [-0.2, -0.15) is 0 Å². The maximum atomic E-state index is 11.4. The molecule has 0 aliphatic heterocycles. The zero-order valence-corrected chi connectivity index (χ0v) is 9.39. The largest absolute Gasteiger partial charge is 0.468 e. The van der Waals surface area contributed by atoms with Crippen molar-refractivity contribution in [3.05, 3.63) is 23.7 Å². The molecule has 1 aromatic heterocycles. The maximum Gasteiger partial charge on any atom is 0.219 e. The Morgan fingerprint density at radius 3 is 2.57 bits per heavy atom. The van der Waals surface area contributed by atoms with E-state index in [4.69, 9.17) is 4.42 Å². The minimum absolute atomic E-state index is 0.0870. The first kappa shape index (κ1) is 11.3. The molecular formula is C9H15NO3S. The fourth-order valence-electron chi connectivity index (χ4n) is 1.15. The SMILES string of the molecule is Cc1coc(CS(=O)(=O)NC(C)C)c1. The molecule has 0 saturated heterocycles. The van der Waals surface area contributed by atoms with E-state index in [0.29, 0.717) is 5.76 Å². The molecule has 4 nitrogen and oxygen atoms in total. The number of furan rings is 1. The first-order valence-corrected chi connectivity index (χ1v) is 6.08. The lowest BCUT2D eigenvalue weighted by Crippen LogP contribution is -2.31. The number of sulfonamides is 1. The van der Waals surface area contributed by atoms with Crippen molar-refractivity contribution in [3.8, 4) is 0 Å². The Morgan fingerprint density at radius 1 is 1.50 bits per heavy atom. The molecule has 80 valence electrons. The van der Waals surface area contributed by atoms with Crippen LogP contribution in [-0.4, -0.2) is 14.5 Å². The smallest absolute Gasteiger partial charge is 0.219 e. The molecule has 1 heterocycles. The second-order valence-electron chi connectivity index (χ2n) is 3.62. The molecule has 0 aliphatic rings. The van der Waals surface area contributed by atoms with Crippen LogP contribution in [0.25, 0.3) is 0 Å². The summed E-state index contributed by atoms with van der Waals surface area (Å²) < 4.78 is 30.4.